The van der Waals surface area contributed by atoms with Gasteiger partial charge in [0, 0.05) is 43.2 Å². The summed E-state index contributed by atoms with van der Waals surface area (Å²) >= 11 is 0. The fraction of sp³-hybridized carbons (Fsp3) is 0.609. The molecule has 4 nitrogen and oxygen atoms in total. The summed E-state index contributed by atoms with van der Waals surface area (Å²) in [6, 6.07) is 11.8. The molecule has 1 saturated carbocycles. The van der Waals surface area contributed by atoms with Gasteiger partial charge in [0.1, 0.15) is 5.82 Å². The van der Waals surface area contributed by atoms with Crippen LogP contribution in [0.5, 0.6) is 0 Å². The third-order valence-corrected chi connectivity index (χ3v) is 6.56. The number of anilines is 1. The zero-order chi connectivity index (χ0) is 18.1. The summed E-state index contributed by atoms with van der Waals surface area (Å²) in [4.78, 5) is 10.3. The smallest absolute Gasteiger partial charge is 0.133 e. The van der Waals surface area contributed by atoms with E-state index in [1.807, 2.05) is 0 Å². The van der Waals surface area contributed by atoms with Gasteiger partial charge in [-0.25, -0.2) is 4.98 Å². The molecule has 5 rings (SSSR count). The molecule has 144 valence electrons. The van der Waals surface area contributed by atoms with Crippen LogP contribution in [-0.2, 0) is 6.54 Å². The lowest BCUT2D eigenvalue weighted by molar-refractivity contribution is 0.312. The highest BCUT2D eigenvalue weighted by molar-refractivity contribution is 5.81. The lowest BCUT2D eigenvalue weighted by Gasteiger charge is -2.30. The summed E-state index contributed by atoms with van der Waals surface area (Å²) in [5.74, 6) is 2.03. The van der Waals surface area contributed by atoms with E-state index in [0.29, 0.717) is 0 Å². The molecule has 2 aromatic rings. The van der Waals surface area contributed by atoms with E-state index in [-0.39, 0.29) is 0 Å². The van der Waals surface area contributed by atoms with Gasteiger partial charge in [-0.3, -0.25) is 0 Å². The van der Waals surface area contributed by atoms with Gasteiger partial charge in [0.2, 0.25) is 0 Å². The first-order valence-corrected chi connectivity index (χ1v) is 11.0. The number of nitrogens with one attached hydrogen (secondary N) is 1. The molecule has 4 heteroatoms. The molecule has 27 heavy (non-hydrogen) atoms. The van der Waals surface area contributed by atoms with Gasteiger partial charge in [-0.15, -0.1) is 0 Å². The van der Waals surface area contributed by atoms with E-state index < -0.39 is 0 Å². The Morgan fingerprint density at radius 3 is 2.70 bits per heavy atom. The molecule has 1 atom stereocenters. The largest absolute Gasteiger partial charge is 0.356 e. The Hall–Kier alpha value is -1.65. The van der Waals surface area contributed by atoms with Crippen molar-refractivity contribution < 1.29 is 0 Å². The summed E-state index contributed by atoms with van der Waals surface area (Å²) in [6.45, 7) is 6.98. The second-order valence-electron chi connectivity index (χ2n) is 8.72. The van der Waals surface area contributed by atoms with E-state index in [4.69, 9.17) is 4.98 Å². The standard InChI is InChI=1S/C23H32N4/c1-4-11-26(12-5-1)23-20(14-19-6-2-3-7-22(19)25-23)16-24-15-18-10-13-27(17-18)21-8-9-21/h2-3,6-7,14,18,21,24H,1,4-5,8-13,15-17H2. The molecule has 2 aliphatic heterocycles. The second kappa shape index (κ2) is 7.76. The zero-order valence-electron chi connectivity index (χ0n) is 16.4. The van der Waals surface area contributed by atoms with Crippen molar-refractivity contribution >= 4 is 16.7 Å². The Labute approximate surface area is 162 Å². The number of piperidine rings is 1. The first-order valence-electron chi connectivity index (χ1n) is 11.0. The first-order chi connectivity index (χ1) is 13.4. The van der Waals surface area contributed by atoms with Crippen LogP contribution < -0.4 is 10.2 Å². The summed E-state index contributed by atoms with van der Waals surface area (Å²) < 4.78 is 0. The van der Waals surface area contributed by atoms with Gasteiger partial charge in [-0.05, 0) is 69.7 Å². The van der Waals surface area contributed by atoms with Crippen LogP contribution in [0.3, 0.4) is 0 Å². The second-order valence-corrected chi connectivity index (χ2v) is 8.72. The number of likely N-dealkylation sites (tertiary alicyclic amines) is 1. The molecule has 2 saturated heterocycles. The number of para-hydroxylation sites is 1. The van der Waals surface area contributed by atoms with Gasteiger partial charge >= 0.3 is 0 Å². The van der Waals surface area contributed by atoms with Crippen molar-refractivity contribution in [3.63, 3.8) is 0 Å². The van der Waals surface area contributed by atoms with E-state index in [0.717, 1.165) is 43.7 Å². The van der Waals surface area contributed by atoms with Crippen LogP contribution in [0, 0.1) is 5.92 Å². The van der Waals surface area contributed by atoms with E-state index in [1.54, 1.807) is 0 Å². The van der Waals surface area contributed by atoms with E-state index in [1.165, 1.54) is 68.4 Å². The first kappa shape index (κ1) is 17.4. The number of pyridine rings is 1. The maximum Gasteiger partial charge on any atom is 0.133 e. The maximum atomic E-state index is 5.07. The fourth-order valence-electron chi connectivity index (χ4n) is 4.87. The van der Waals surface area contributed by atoms with Crippen molar-refractivity contribution in [2.75, 3.05) is 37.6 Å². The fourth-order valence-corrected chi connectivity index (χ4v) is 4.87. The predicted octanol–water partition coefficient (Wildman–Crippen LogP) is 3.80. The van der Waals surface area contributed by atoms with Gasteiger partial charge in [0.15, 0.2) is 0 Å². The lowest BCUT2D eigenvalue weighted by Crippen LogP contribution is -2.32. The topological polar surface area (TPSA) is 31.4 Å². The van der Waals surface area contributed by atoms with Crippen molar-refractivity contribution in [1.29, 1.82) is 0 Å². The zero-order valence-corrected chi connectivity index (χ0v) is 16.4. The number of hydrogen-bond acceptors (Lipinski definition) is 4. The number of aromatic nitrogens is 1. The van der Waals surface area contributed by atoms with E-state index in [2.05, 4.69) is 45.4 Å². The van der Waals surface area contributed by atoms with Crippen molar-refractivity contribution in [2.45, 2.75) is 51.1 Å². The molecule has 1 unspecified atom stereocenters. The minimum Gasteiger partial charge on any atom is -0.356 e. The van der Waals surface area contributed by atoms with Crippen LogP contribution in [-0.4, -0.2) is 48.6 Å². The number of hydrogen-bond donors (Lipinski definition) is 1. The highest BCUT2D eigenvalue weighted by Crippen LogP contribution is 2.31. The number of fused-ring (bicyclic) bond motifs is 1. The lowest BCUT2D eigenvalue weighted by atomic mass is 10.1. The quantitative estimate of drug-likeness (QED) is 0.845. The van der Waals surface area contributed by atoms with Gasteiger partial charge in [-0.1, -0.05) is 18.2 Å². The van der Waals surface area contributed by atoms with Gasteiger partial charge < -0.3 is 15.1 Å². The monoisotopic (exact) mass is 364 g/mol. The van der Waals surface area contributed by atoms with Crippen LogP contribution >= 0.6 is 0 Å². The van der Waals surface area contributed by atoms with Gasteiger partial charge in [0.25, 0.3) is 0 Å². The van der Waals surface area contributed by atoms with Crippen LogP contribution in [0.2, 0.25) is 0 Å². The SMILES string of the molecule is c1ccc2nc(N3CCCCC3)c(CNCC3CCN(C4CC4)C3)cc2c1. The van der Waals surface area contributed by atoms with E-state index >= 15 is 0 Å². The third kappa shape index (κ3) is 3.97. The molecular formula is C23H32N4. The van der Waals surface area contributed by atoms with Crippen LogP contribution in [0.15, 0.2) is 30.3 Å². The number of nitrogens with zero attached hydrogens (tertiary/aromatic N) is 3. The molecule has 0 radical (unpaired) electrons. The average molecular weight is 365 g/mol. The van der Waals surface area contributed by atoms with Crippen molar-refractivity contribution in [3.05, 3.63) is 35.9 Å². The van der Waals surface area contributed by atoms with Crippen molar-refractivity contribution in [2.24, 2.45) is 5.92 Å². The molecule has 0 amide bonds. The molecule has 1 aromatic heterocycles. The highest BCUT2D eigenvalue weighted by atomic mass is 15.2. The molecule has 0 spiro atoms. The van der Waals surface area contributed by atoms with Crippen LogP contribution in [0.4, 0.5) is 5.82 Å². The Balaban J connectivity index is 1.28. The number of benzene rings is 1. The molecule has 3 aliphatic rings. The highest BCUT2D eigenvalue weighted by Gasteiger charge is 2.34. The Kier molecular flexibility index (Phi) is 5.02. The minimum atomic E-state index is 0.817. The summed E-state index contributed by atoms with van der Waals surface area (Å²) in [6.07, 6.45) is 8.17. The Morgan fingerprint density at radius 1 is 1.00 bits per heavy atom. The number of rotatable bonds is 6. The summed E-state index contributed by atoms with van der Waals surface area (Å²) in [5, 5.41) is 5.03. The molecule has 3 fully saturated rings. The molecule has 0 bridgehead atoms. The third-order valence-electron chi connectivity index (χ3n) is 6.56. The van der Waals surface area contributed by atoms with Crippen molar-refractivity contribution in [1.82, 2.24) is 15.2 Å². The molecular weight excluding hydrogens is 332 g/mol. The van der Waals surface area contributed by atoms with Crippen molar-refractivity contribution in [3.8, 4) is 0 Å². The Bertz CT molecular complexity index is 779. The Morgan fingerprint density at radius 2 is 1.85 bits per heavy atom. The molecule has 1 aromatic carbocycles. The summed E-state index contributed by atoms with van der Waals surface area (Å²) in [7, 11) is 0. The molecule has 1 aliphatic carbocycles. The molecule has 1 N–H and O–H groups in total. The maximum absolute atomic E-state index is 5.07. The van der Waals surface area contributed by atoms with Gasteiger partial charge in [-0.2, -0.15) is 0 Å². The summed E-state index contributed by atoms with van der Waals surface area (Å²) in [5.41, 5.74) is 2.49. The minimum absolute atomic E-state index is 0.817. The van der Waals surface area contributed by atoms with Crippen LogP contribution in [0.25, 0.3) is 10.9 Å². The van der Waals surface area contributed by atoms with Gasteiger partial charge in [0.05, 0.1) is 5.52 Å². The predicted molar refractivity (Wildman–Crippen MR) is 112 cm³/mol. The van der Waals surface area contributed by atoms with Crippen LogP contribution in [0.1, 0.15) is 44.1 Å². The molecule has 3 heterocycles. The normalized spacial score (nSPS) is 24.0. The van der Waals surface area contributed by atoms with E-state index in [9.17, 15) is 0 Å². The average Bonchev–Trinajstić information content (AvgIpc) is 3.47.